The van der Waals surface area contributed by atoms with Gasteiger partial charge in [0.05, 0.1) is 6.04 Å². The number of hydrogen-bond acceptors (Lipinski definition) is 3. The highest BCUT2D eigenvalue weighted by atomic mass is 19.1. The number of nitrogens with one attached hydrogen (secondary N) is 2. The number of halogens is 1. The summed E-state index contributed by atoms with van der Waals surface area (Å²) in [7, 11) is 0. The molecule has 0 aliphatic carbocycles. The van der Waals surface area contributed by atoms with Gasteiger partial charge in [0.25, 0.3) is 0 Å². The minimum absolute atomic E-state index is 0.329. The molecule has 0 aliphatic heterocycles. The van der Waals surface area contributed by atoms with Gasteiger partial charge in [0, 0.05) is 18.6 Å². The van der Waals surface area contributed by atoms with E-state index in [1.54, 1.807) is 61.1 Å². The third-order valence-corrected chi connectivity index (χ3v) is 3.42. The van der Waals surface area contributed by atoms with E-state index in [1.165, 1.54) is 12.1 Å². The molecule has 1 aromatic carbocycles. The lowest BCUT2D eigenvalue weighted by Crippen LogP contribution is -2.33. The van der Waals surface area contributed by atoms with Gasteiger partial charge in [-0.25, -0.2) is 14.2 Å². The van der Waals surface area contributed by atoms with Crippen LogP contribution in [0.15, 0.2) is 73.2 Å². The van der Waals surface area contributed by atoms with Crippen LogP contribution in [0.1, 0.15) is 17.2 Å². The number of benzene rings is 1. The van der Waals surface area contributed by atoms with Crippen molar-refractivity contribution < 1.29 is 9.18 Å². The molecule has 2 N–H and O–H groups in total. The fourth-order valence-corrected chi connectivity index (χ4v) is 2.29. The van der Waals surface area contributed by atoms with E-state index in [4.69, 9.17) is 0 Å². The first-order valence-corrected chi connectivity index (χ1v) is 7.36. The Morgan fingerprint density at radius 1 is 0.917 bits per heavy atom. The molecule has 0 saturated heterocycles. The third kappa shape index (κ3) is 3.92. The van der Waals surface area contributed by atoms with E-state index < -0.39 is 12.1 Å². The van der Waals surface area contributed by atoms with Crippen LogP contribution in [0.25, 0.3) is 0 Å². The lowest BCUT2D eigenvalue weighted by Gasteiger charge is -2.20. The highest BCUT2D eigenvalue weighted by Gasteiger charge is 2.17. The first-order chi connectivity index (χ1) is 11.7. The Hall–Kier alpha value is -3.28. The second-order valence-corrected chi connectivity index (χ2v) is 5.08. The minimum atomic E-state index is -0.433. The molecule has 2 aromatic heterocycles. The number of aromatic nitrogens is 2. The van der Waals surface area contributed by atoms with E-state index in [2.05, 4.69) is 20.6 Å². The average Bonchev–Trinajstić information content (AvgIpc) is 2.62. The summed E-state index contributed by atoms with van der Waals surface area (Å²) in [5, 5.41) is 5.55. The zero-order valence-electron chi connectivity index (χ0n) is 12.7. The zero-order chi connectivity index (χ0) is 16.8. The van der Waals surface area contributed by atoms with Crippen LogP contribution in [0.2, 0.25) is 0 Å². The largest absolute Gasteiger partial charge is 0.327 e. The molecule has 0 spiro atoms. The standard InChI is InChI=1S/C18H15FN4O/c19-15-6-4-13(5-7-15)17(14-8-11-20-12-9-14)23-18(24)22-16-3-1-2-10-21-16/h1-12,17H,(H2,21,22,23,24). The summed E-state index contributed by atoms with van der Waals surface area (Å²) in [5.74, 6) is 0.118. The van der Waals surface area contributed by atoms with Gasteiger partial charge in [0.1, 0.15) is 11.6 Å². The van der Waals surface area contributed by atoms with E-state index in [-0.39, 0.29) is 5.82 Å². The summed E-state index contributed by atoms with van der Waals surface area (Å²) in [6.45, 7) is 0. The Bertz CT molecular complexity index is 794. The summed E-state index contributed by atoms with van der Waals surface area (Å²) < 4.78 is 13.2. The Morgan fingerprint density at radius 3 is 2.29 bits per heavy atom. The molecule has 2 amide bonds. The minimum Gasteiger partial charge on any atom is -0.327 e. The van der Waals surface area contributed by atoms with E-state index in [0.717, 1.165) is 11.1 Å². The molecule has 0 bridgehead atoms. The van der Waals surface area contributed by atoms with Crippen molar-refractivity contribution in [3.63, 3.8) is 0 Å². The maximum absolute atomic E-state index is 13.2. The number of carbonyl (C=O) groups is 1. The number of rotatable bonds is 4. The lowest BCUT2D eigenvalue weighted by atomic mass is 10.00. The second kappa shape index (κ2) is 7.32. The van der Waals surface area contributed by atoms with Crippen LogP contribution in [0.5, 0.6) is 0 Å². The molecule has 1 unspecified atom stereocenters. The number of amides is 2. The van der Waals surface area contributed by atoms with Crippen molar-refractivity contribution in [3.8, 4) is 0 Å². The molecule has 0 aliphatic rings. The molecule has 6 heteroatoms. The Balaban J connectivity index is 1.82. The van der Waals surface area contributed by atoms with Gasteiger partial charge in [0.2, 0.25) is 0 Å². The van der Waals surface area contributed by atoms with Gasteiger partial charge in [-0.1, -0.05) is 18.2 Å². The molecule has 2 heterocycles. The van der Waals surface area contributed by atoms with Crippen molar-refractivity contribution in [1.82, 2.24) is 15.3 Å². The van der Waals surface area contributed by atoms with Crippen LogP contribution in [0, 0.1) is 5.82 Å². The number of nitrogens with zero attached hydrogens (tertiary/aromatic N) is 2. The molecule has 1 atom stereocenters. The highest BCUT2D eigenvalue weighted by Crippen LogP contribution is 2.22. The van der Waals surface area contributed by atoms with E-state index in [9.17, 15) is 9.18 Å². The normalized spacial score (nSPS) is 11.5. The van der Waals surface area contributed by atoms with E-state index >= 15 is 0 Å². The third-order valence-electron chi connectivity index (χ3n) is 3.42. The lowest BCUT2D eigenvalue weighted by molar-refractivity contribution is 0.250. The van der Waals surface area contributed by atoms with Crippen LogP contribution in [-0.4, -0.2) is 16.0 Å². The molecule has 24 heavy (non-hydrogen) atoms. The Labute approximate surface area is 138 Å². The zero-order valence-corrected chi connectivity index (χ0v) is 12.7. The predicted octanol–water partition coefficient (Wildman–Crippen LogP) is 3.53. The van der Waals surface area contributed by atoms with Gasteiger partial charge >= 0.3 is 6.03 Å². The van der Waals surface area contributed by atoms with Gasteiger partial charge in [-0.3, -0.25) is 10.3 Å². The van der Waals surface area contributed by atoms with E-state index in [0.29, 0.717) is 5.82 Å². The van der Waals surface area contributed by atoms with Gasteiger partial charge in [0.15, 0.2) is 0 Å². The quantitative estimate of drug-likeness (QED) is 0.772. The molecule has 0 saturated carbocycles. The molecule has 120 valence electrons. The summed E-state index contributed by atoms with van der Waals surface area (Å²) in [6.07, 6.45) is 4.88. The Kier molecular flexibility index (Phi) is 4.76. The van der Waals surface area contributed by atoms with Crippen LogP contribution in [0.4, 0.5) is 15.0 Å². The first kappa shape index (κ1) is 15.6. The van der Waals surface area contributed by atoms with Crippen LogP contribution >= 0.6 is 0 Å². The summed E-state index contributed by atoms with van der Waals surface area (Å²) in [4.78, 5) is 20.3. The number of carbonyl (C=O) groups excluding carboxylic acids is 1. The second-order valence-electron chi connectivity index (χ2n) is 5.08. The average molecular weight is 322 g/mol. The Morgan fingerprint density at radius 2 is 1.62 bits per heavy atom. The molecular weight excluding hydrogens is 307 g/mol. The fraction of sp³-hybridized carbons (Fsp3) is 0.0556. The van der Waals surface area contributed by atoms with Crippen LogP contribution in [-0.2, 0) is 0 Å². The van der Waals surface area contributed by atoms with E-state index in [1.807, 2.05) is 0 Å². The maximum Gasteiger partial charge on any atom is 0.321 e. The number of anilines is 1. The highest BCUT2D eigenvalue weighted by molar-refractivity contribution is 5.88. The van der Waals surface area contributed by atoms with Gasteiger partial charge < -0.3 is 5.32 Å². The summed E-state index contributed by atoms with van der Waals surface area (Å²) >= 11 is 0. The van der Waals surface area contributed by atoms with Crippen molar-refractivity contribution in [2.24, 2.45) is 0 Å². The summed E-state index contributed by atoms with van der Waals surface area (Å²) in [5.41, 5.74) is 1.60. The molecular formula is C18H15FN4O. The van der Waals surface area contributed by atoms with Crippen molar-refractivity contribution in [3.05, 3.63) is 90.1 Å². The fourth-order valence-electron chi connectivity index (χ4n) is 2.29. The van der Waals surface area contributed by atoms with Crippen molar-refractivity contribution in [2.75, 3.05) is 5.32 Å². The van der Waals surface area contributed by atoms with Crippen LogP contribution in [0.3, 0.4) is 0 Å². The van der Waals surface area contributed by atoms with Crippen molar-refractivity contribution >= 4 is 11.8 Å². The number of pyridine rings is 2. The van der Waals surface area contributed by atoms with Gasteiger partial charge in [-0.2, -0.15) is 0 Å². The van der Waals surface area contributed by atoms with Gasteiger partial charge in [-0.15, -0.1) is 0 Å². The molecule has 0 fully saturated rings. The molecule has 3 aromatic rings. The monoisotopic (exact) mass is 322 g/mol. The number of urea groups is 1. The smallest absolute Gasteiger partial charge is 0.321 e. The number of hydrogen-bond donors (Lipinski definition) is 2. The van der Waals surface area contributed by atoms with Crippen molar-refractivity contribution in [1.29, 1.82) is 0 Å². The SMILES string of the molecule is O=C(Nc1ccccn1)NC(c1ccncc1)c1ccc(F)cc1. The summed E-state index contributed by atoms with van der Waals surface area (Å²) in [6, 6.07) is 14.0. The molecule has 5 nitrogen and oxygen atoms in total. The first-order valence-electron chi connectivity index (χ1n) is 7.36. The molecule has 3 rings (SSSR count). The predicted molar refractivity (Wildman–Crippen MR) is 88.9 cm³/mol. The van der Waals surface area contributed by atoms with Crippen molar-refractivity contribution in [2.45, 2.75) is 6.04 Å². The van der Waals surface area contributed by atoms with Crippen LogP contribution < -0.4 is 10.6 Å². The van der Waals surface area contributed by atoms with Gasteiger partial charge in [-0.05, 0) is 47.5 Å². The topological polar surface area (TPSA) is 66.9 Å². The maximum atomic E-state index is 13.2. The molecule has 0 radical (unpaired) electrons.